The van der Waals surface area contributed by atoms with Gasteiger partial charge in [0.05, 0.1) is 28.8 Å². The fourth-order valence-corrected chi connectivity index (χ4v) is 5.99. The van der Waals surface area contributed by atoms with E-state index in [0.717, 1.165) is 35.6 Å². The van der Waals surface area contributed by atoms with Gasteiger partial charge in [0.2, 0.25) is 0 Å². The summed E-state index contributed by atoms with van der Waals surface area (Å²) in [5, 5.41) is 13.7. The maximum absolute atomic E-state index is 14.2. The average molecular weight is 555 g/mol. The summed E-state index contributed by atoms with van der Waals surface area (Å²) in [6, 6.07) is 11.2. The molecule has 2 fully saturated rings. The first-order valence-corrected chi connectivity index (χ1v) is 14.3. The number of nitriles is 1. The van der Waals surface area contributed by atoms with Crippen molar-refractivity contribution in [3.05, 3.63) is 68.0 Å². The van der Waals surface area contributed by atoms with E-state index in [1.54, 1.807) is 13.1 Å². The lowest BCUT2D eigenvalue weighted by atomic mass is 10.1. The number of amides is 1. The number of rotatable bonds is 7. The van der Waals surface area contributed by atoms with Gasteiger partial charge in [-0.25, -0.2) is 9.78 Å². The predicted molar refractivity (Wildman–Crippen MR) is 157 cm³/mol. The van der Waals surface area contributed by atoms with Crippen molar-refractivity contribution in [1.82, 2.24) is 24.0 Å². The second kappa shape index (κ2) is 10.5. The quantitative estimate of drug-likeness (QED) is 0.356. The Morgan fingerprint density at radius 2 is 1.95 bits per heavy atom. The molecule has 2 aliphatic rings. The number of nitrogens with one attached hydrogen (secondary N) is 1. The standard InChI is InChI=1S/C30H34N8O3/c1-3-37-26-25(24(27(39)33-15-18-10-11-18)28(37)36-12-6-8-21(32)16-36)35(2)30(41)38(29(26)40)17-23-20(14-31)13-19-7-4-5-9-22(19)34-23/h4-5,7,9,13,18,21H,3,6,8,10-12,15-17,32H2,1-2H3,(H,33,39)/t21-/m1/s1. The van der Waals surface area contributed by atoms with Gasteiger partial charge in [-0.3, -0.25) is 18.7 Å². The number of aromatic nitrogens is 4. The second-order valence-corrected chi connectivity index (χ2v) is 11.2. The van der Waals surface area contributed by atoms with E-state index in [1.165, 1.54) is 4.57 Å². The molecule has 1 amide bonds. The minimum Gasteiger partial charge on any atom is -0.356 e. The zero-order chi connectivity index (χ0) is 28.8. The van der Waals surface area contributed by atoms with Crippen molar-refractivity contribution in [2.75, 3.05) is 24.5 Å². The van der Waals surface area contributed by atoms with Crippen LogP contribution in [0.4, 0.5) is 5.82 Å². The lowest BCUT2D eigenvalue weighted by Gasteiger charge is -2.33. The summed E-state index contributed by atoms with van der Waals surface area (Å²) >= 11 is 0. The van der Waals surface area contributed by atoms with E-state index < -0.39 is 11.2 Å². The zero-order valence-corrected chi connectivity index (χ0v) is 23.4. The largest absolute Gasteiger partial charge is 0.356 e. The number of para-hydroxylation sites is 1. The van der Waals surface area contributed by atoms with Crippen molar-refractivity contribution in [1.29, 1.82) is 5.26 Å². The number of carbonyl (C=O) groups excluding carboxylic acids is 1. The minimum absolute atomic E-state index is 0.0571. The van der Waals surface area contributed by atoms with Crippen molar-refractivity contribution in [2.45, 2.75) is 51.7 Å². The number of fused-ring (bicyclic) bond motifs is 2. The van der Waals surface area contributed by atoms with Crippen LogP contribution in [0.25, 0.3) is 21.9 Å². The maximum atomic E-state index is 14.2. The first kappa shape index (κ1) is 26.8. The Balaban J connectivity index is 1.57. The molecule has 41 heavy (non-hydrogen) atoms. The van der Waals surface area contributed by atoms with Crippen molar-refractivity contribution < 1.29 is 4.79 Å². The van der Waals surface area contributed by atoms with Gasteiger partial charge in [0, 0.05) is 44.7 Å². The molecule has 1 saturated heterocycles. The molecular weight excluding hydrogens is 520 g/mol. The summed E-state index contributed by atoms with van der Waals surface area (Å²) in [6.07, 6.45) is 3.92. The smallest absolute Gasteiger partial charge is 0.331 e. The number of anilines is 1. The van der Waals surface area contributed by atoms with Crippen LogP contribution in [-0.4, -0.2) is 50.3 Å². The highest BCUT2D eigenvalue weighted by Gasteiger charge is 2.33. The number of aryl methyl sites for hydroxylation is 2. The van der Waals surface area contributed by atoms with Crippen LogP contribution >= 0.6 is 0 Å². The zero-order valence-electron chi connectivity index (χ0n) is 23.4. The van der Waals surface area contributed by atoms with Gasteiger partial charge in [-0.2, -0.15) is 5.26 Å². The lowest BCUT2D eigenvalue weighted by Crippen LogP contribution is -2.44. The van der Waals surface area contributed by atoms with Gasteiger partial charge in [-0.15, -0.1) is 0 Å². The molecule has 0 spiro atoms. The van der Waals surface area contributed by atoms with Crippen LogP contribution in [0.2, 0.25) is 0 Å². The highest BCUT2D eigenvalue weighted by atomic mass is 16.2. The van der Waals surface area contributed by atoms with Crippen molar-refractivity contribution in [3.8, 4) is 6.07 Å². The SMILES string of the molecule is CCn1c(N2CCC[C@@H](N)C2)c(C(=O)NCC2CC2)c2c1c(=O)n(Cc1nc3ccccc3cc1C#N)c(=O)n2C. The molecule has 3 aromatic heterocycles. The third-order valence-electron chi connectivity index (χ3n) is 8.29. The van der Waals surface area contributed by atoms with Crippen LogP contribution in [0.15, 0.2) is 39.9 Å². The van der Waals surface area contributed by atoms with E-state index >= 15 is 0 Å². The highest BCUT2D eigenvalue weighted by molar-refractivity contribution is 6.11. The summed E-state index contributed by atoms with van der Waals surface area (Å²) in [7, 11) is 1.59. The van der Waals surface area contributed by atoms with Crippen LogP contribution in [-0.2, 0) is 20.1 Å². The normalized spacial score (nSPS) is 17.2. The van der Waals surface area contributed by atoms with Crippen LogP contribution in [0, 0.1) is 17.2 Å². The first-order valence-electron chi connectivity index (χ1n) is 14.3. The molecule has 212 valence electrons. The number of hydrogen-bond donors (Lipinski definition) is 2. The number of carbonyl (C=O) groups is 1. The fourth-order valence-electron chi connectivity index (χ4n) is 5.99. The molecule has 1 aliphatic carbocycles. The highest BCUT2D eigenvalue weighted by Crippen LogP contribution is 2.33. The van der Waals surface area contributed by atoms with Crippen molar-refractivity contribution >= 4 is 33.7 Å². The topological polar surface area (TPSA) is 144 Å². The molecule has 1 aromatic carbocycles. The molecule has 0 bridgehead atoms. The van der Waals surface area contributed by atoms with E-state index in [2.05, 4.69) is 21.3 Å². The predicted octanol–water partition coefficient (Wildman–Crippen LogP) is 2.06. The van der Waals surface area contributed by atoms with Crippen molar-refractivity contribution in [2.24, 2.45) is 18.7 Å². The minimum atomic E-state index is -0.576. The van der Waals surface area contributed by atoms with Gasteiger partial charge in [0.1, 0.15) is 23.0 Å². The Morgan fingerprint density at radius 3 is 2.66 bits per heavy atom. The maximum Gasteiger partial charge on any atom is 0.331 e. The number of pyridine rings is 1. The van der Waals surface area contributed by atoms with Gasteiger partial charge in [-0.1, -0.05) is 18.2 Å². The van der Waals surface area contributed by atoms with Gasteiger partial charge in [-0.05, 0) is 50.7 Å². The summed E-state index contributed by atoms with van der Waals surface area (Å²) < 4.78 is 4.34. The molecule has 1 saturated carbocycles. The van der Waals surface area contributed by atoms with Gasteiger partial charge in [0.25, 0.3) is 11.5 Å². The van der Waals surface area contributed by atoms with E-state index in [4.69, 9.17) is 5.73 Å². The Hall–Kier alpha value is -4.43. The van der Waals surface area contributed by atoms with E-state index in [9.17, 15) is 19.6 Å². The number of piperidine rings is 1. The molecule has 11 heteroatoms. The lowest BCUT2D eigenvalue weighted by molar-refractivity contribution is 0.0953. The number of nitrogens with zero attached hydrogens (tertiary/aromatic N) is 6. The first-order chi connectivity index (χ1) is 19.8. The van der Waals surface area contributed by atoms with E-state index in [-0.39, 0.29) is 24.0 Å². The third-order valence-corrected chi connectivity index (χ3v) is 8.29. The summed E-state index contributed by atoms with van der Waals surface area (Å²) in [6.45, 7) is 3.98. The Bertz CT molecular complexity index is 1840. The van der Waals surface area contributed by atoms with Gasteiger partial charge >= 0.3 is 5.69 Å². The Morgan fingerprint density at radius 1 is 1.17 bits per heavy atom. The molecule has 6 rings (SSSR count). The van der Waals surface area contributed by atoms with Crippen LogP contribution in [0.3, 0.4) is 0 Å². The van der Waals surface area contributed by atoms with Gasteiger partial charge in [0.15, 0.2) is 0 Å². The molecular formula is C30H34N8O3. The third kappa shape index (κ3) is 4.68. The molecule has 1 atom stereocenters. The number of nitrogens with two attached hydrogens (primary N) is 1. The van der Waals surface area contributed by atoms with E-state index in [1.807, 2.05) is 35.8 Å². The molecule has 11 nitrogen and oxygen atoms in total. The van der Waals surface area contributed by atoms with Gasteiger partial charge < -0.3 is 20.5 Å². The average Bonchev–Trinajstić information content (AvgIpc) is 3.74. The Kier molecular flexibility index (Phi) is 6.87. The van der Waals surface area contributed by atoms with Crippen LogP contribution in [0.5, 0.6) is 0 Å². The van der Waals surface area contributed by atoms with E-state index in [0.29, 0.717) is 65.8 Å². The second-order valence-electron chi connectivity index (χ2n) is 11.2. The summed E-state index contributed by atoms with van der Waals surface area (Å²) in [5.74, 6) is 0.797. The molecule has 0 unspecified atom stereocenters. The summed E-state index contributed by atoms with van der Waals surface area (Å²) in [5.41, 5.74) is 7.47. The van der Waals surface area contributed by atoms with Crippen molar-refractivity contribution in [3.63, 3.8) is 0 Å². The molecule has 4 aromatic rings. The Labute approximate surface area is 236 Å². The van der Waals surface area contributed by atoms with Crippen LogP contribution in [0.1, 0.15) is 54.2 Å². The molecule has 1 aliphatic heterocycles. The molecule has 4 heterocycles. The fraction of sp³-hybridized carbons (Fsp3) is 0.433. The molecule has 0 radical (unpaired) electrons. The number of hydrogen-bond acceptors (Lipinski definition) is 7. The summed E-state index contributed by atoms with van der Waals surface area (Å²) in [4.78, 5) is 48.5. The number of benzene rings is 1. The van der Waals surface area contributed by atoms with Crippen LogP contribution < -0.4 is 27.2 Å². The molecule has 3 N–H and O–H groups in total. The monoisotopic (exact) mass is 554 g/mol.